The zero-order valence-electron chi connectivity index (χ0n) is 8.16. The number of hydrogen-bond donors (Lipinski definition) is 1. The molecule has 0 aromatic heterocycles. The Morgan fingerprint density at radius 1 is 1.54 bits per heavy atom. The molecule has 0 aliphatic carbocycles. The van der Waals surface area contributed by atoms with Crippen molar-refractivity contribution < 1.29 is 9.53 Å². The lowest BCUT2D eigenvalue weighted by Gasteiger charge is -2.30. The number of hydrogen-bond acceptors (Lipinski definition) is 4. The van der Waals surface area contributed by atoms with Gasteiger partial charge < -0.3 is 15.4 Å². The fourth-order valence-electron chi connectivity index (χ4n) is 1.67. The summed E-state index contributed by atoms with van der Waals surface area (Å²) in [6, 6.07) is 0. The molecule has 0 aromatic carbocycles. The minimum absolute atomic E-state index is 0.131. The SMILES string of the molecule is CC(=O)OC1CCN(CCN)CC1. The Morgan fingerprint density at radius 2 is 2.15 bits per heavy atom. The van der Waals surface area contributed by atoms with Gasteiger partial charge in [0.25, 0.3) is 0 Å². The van der Waals surface area contributed by atoms with Crippen molar-refractivity contribution in [1.82, 2.24) is 4.90 Å². The van der Waals surface area contributed by atoms with Crippen molar-refractivity contribution in [2.75, 3.05) is 26.2 Å². The van der Waals surface area contributed by atoms with Crippen molar-refractivity contribution in [3.05, 3.63) is 0 Å². The molecule has 13 heavy (non-hydrogen) atoms. The topological polar surface area (TPSA) is 55.6 Å². The fourth-order valence-corrected chi connectivity index (χ4v) is 1.67. The molecule has 0 aromatic rings. The van der Waals surface area contributed by atoms with Gasteiger partial charge in [0.1, 0.15) is 6.10 Å². The maximum atomic E-state index is 10.7. The minimum Gasteiger partial charge on any atom is -0.462 e. The lowest BCUT2D eigenvalue weighted by Crippen LogP contribution is -2.40. The third-order valence-electron chi connectivity index (χ3n) is 2.31. The van der Waals surface area contributed by atoms with Gasteiger partial charge in [-0.3, -0.25) is 4.79 Å². The highest BCUT2D eigenvalue weighted by Gasteiger charge is 2.20. The van der Waals surface area contributed by atoms with Crippen molar-refractivity contribution in [2.45, 2.75) is 25.9 Å². The Balaban J connectivity index is 2.18. The zero-order chi connectivity index (χ0) is 9.68. The van der Waals surface area contributed by atoms with Crippen molar-refractivity contribution in [3.8, 4) is 0 Å². The molecule has 0 bridgehead atoms. The standard InChI is InChI=1S/C9H18N2O2/c1-8(12)13-9-2-5-11(6-3-9)7-4-10/h9H,2-7,10H2,1H3. The third kappa shape index (κ3) is 3.74. The van der Waals surface area contributed by atoms with Gasteiger partial charge in [0, 0.05) is 33.1 Å². The number of likely N-dealkylation sites (tertiary alicyclic amines) is 1. The molecule has 1 aliphatic rings. The molecule has 4 nitrogen and oxygen atoms in total. The van der Waals surface area contributed by atoms with Gasteiger partial charge in [0.2, 0.25) is 0 Å². The summed E-state index contributed by atoms with van der Waals surface area (Å²) in [4.78, 5) is 13.0. The molecule has 0 spiro atoms. The molecule has 1 saturated heterocycles. The Bertz CT molecular complexity index is 165. The minimum atomic E-state index is -0.169. The largest absolute Gasteiger partial charge is 0.462 e. The van der Waals surface area contributed by atoms with Crippen LogP contribution in [0.4, 0.5) is 0 Å². The molecular formula is C9H18N2O2. The summed E-state index contributed by atoms with van der Waals surface area (Å²) in [7, 11) is 0. The smallest absolute Gasteiger partial charge is 0.302 e. The molecule has 76 valence electrons. The Morgan fingerprint density at radius 3 is 2.62 bits per heavy atom. The van der Waals surface area contributed by atoms with E-state index in [9.17, 15) is 4.79 Å². The summed E-state index contributed by atoms with van der Waals surface area (Å²) in [6.45, 7) is 5.11. The molecule has 1 fully saturated rings. The van der Waals surface area contributed by atoms with Crippen LogP contribution in [0.25, 0.3) is 0 Å². The number of ether oxygens (including phenoxy) is 1. The van der Waals surface area contributed by atoms with Gasteiger partial charge in [-0.25, -0.2) is 0 Å². The van der Waals surface area contributed by atoms with Crippen LogP contribution in [0.1, 0.15) is 19.8 Å². The van der Waals surface area contributed by atoms with Gasteiger partial charge >= 0.3 is 5.97 Å². The maximum Gasteiger partial charge on any atom is 0.302 e. The average Bonchev–Trinajstić information content (AvgIpc) is 2.08. The fraction of sp³-hybridized carbons (Fsp3) is 0.889. The molecular weight excluding hydrogens is 168 g/mol. The van der Waals surface area contributed by atoms with E-state index in [1.54, 1.807) is 0 Å². The molecule has 1 heterocycles. The highest BCUT2D eigenvalue weighted by Crippen LogP contribution is 2.12. The van der Waals surface area contributed by atoms with Gasteiger partial charge in [-0.05, 0) is 12.8 Å². The Labute approximate surface area is 79.0 Å². The zero-order valence-corrected chi connectivity index (χ0v) is 8.16. The highest BCUT2D eigenvalue weighted by atomic mass is 16.5. The first-order chi connectivity index (χ1) is 6.22. The van der Waals surface area contributed by atoms with E-state index < -0.39 is 0 Å². The van der Waals surface area contributed by atoms with Crippen molar-refractivity contribution in [1.29, 1.82) is 0 Å². The predicted molar refractivity (Wildman–Crippen MR) is 50.3 cm³/mol. The molecule has 1 aliphatic heterocycles. The van der Waals surface area contributed by atoms with E-state index in [1.807, 2.05) is 0 Å². The number of nitrogens with two attached hydrogens (primary N) is 1. The Kier molecular flexibility index (Phi) is 4.18. The van der Waals surface area contributed by atoms with E-state index in [0.29, 0.717) is 6.54 Å². The molecule has 0 radical (unpaired) electrons. The number of carbonyl (C=O) groups excluding carboxylic acids is 1. The van der Waals surface area contributed by atoms with E-state index in [1.165, 1.54) is 6.92 Å². The van der Waals surface area contributed by atoms with E-state index in [4.69, 9.17) is 10.5 Å². The normalized spacial score (nSPS) is 20.2. The van der Waals surface area contributed by atoms with Gasteiger partial charge in [-0.2, -0.15) is 0 Å². The van der Waals surface area contributed by atoms with Crippen LogP contribution >= 0.6 is 0 Å². The lowest BCUT2D eigenvalue weighted by molar-refractivity contribution is -0.148. The van der Waals surface area contributed by atoms with Crippen LogP contribution in [0.3, 0.4) is 0 Å². The predicted octanol–water partition coefficient (Wildman–Crippen LogP) is -0.0274. The van der Waals surface area contributed by atoms with E-state index >= 15 is 0 Å². The third-order valence-corrected chi connectivity index (χ3v) is 2.31. The molecule has 0 unspecified atom stereocenters. The summed E-state index contributed by atoms with van der Waals surface area (Å²) in [5, 5.41) is 0. The lowest BCUT2D eigenvalue weighted by atomic mass is 10.1. The first kappa shape index (κ1) is 10.5. The van der Waals surface area contributed by atoms with Crippen molar-refractivity contribution in [3.63, 3.8) is 0 Å². The monoisotopic (exact) mass is 186 g/mol. The number of nitrogens with zero attached hydrogens (tertiary/aromatic N) is 1. The second-order valence-electron chi connectivity index (χ2n) is 3.44. The average molecular weight is 186 g/mol. The molecule has 0 saturated carbocycles. The molecule has 0 atom stereocenters. The van der Waals surface area contributed by atoms with Crippen LogP contribution in [0.15, 0.2) is 0 Å². The summed E-state index contributed by atoms with van der Waals surface area (Å²) >= 11 is 0. The molecule has 4 heteroatoms. The van der Waals surface area contributed by atoms with E-state index in [0.717, 1.165) is 32.5 Å². The number of rotatable bonds is 3. The van der Waals surface area contributed by atoms with Crippen molar-refractivity contribution >= 4 is 5.97 Å². The van der Waals surface area contributed by atoms with Crippen LogP contribution in [0.5, 0.6) is 0 Å². The first-order valence-electron chi connectivity index (χ1n) is 4.82. The molecule has 0 amide bonds. The van der Waals surface area contributed by atoms with Crippen LogP contribution in [-0.4, -0.2) is 43.2 Å². The summed E-state index contributed by atoms with van der Waals surface area (Å²) in [5.41, 5.74) is 5.45. The van der Waals surface area contributed by atoms with Crippen LogP contribution < -0.4 is 5.73 Å². The van der Waals surface area contributed by atoms with Crippen LogP contribution in [0.2, 0.25) is 0 Å². The van der Waals surface area contributed by atoms with Crippen LogP contribution in [0, 0.1) is 0 Å². The maximum absolute atomic E-state index is 10.7. The Hall–Kier alpha value is -0.610. The van der Waals surface area contributed by atoms with Crippen LogP contribution in [-0.2, 0) is 9.53 Å². The number of piperidine rings is 1. The highest BCUT2D eigenvalue weighted by molar-refractivity contribution is 5.66. The van der Waals surface area contributed by atoms with Crippen molar-refractivity contribution in [2.24, 2.45) is 5.73 Å². The number of esters is 1. The summed E-state index contributed by atoms with van der Waals surface area (Å²) < 4.78 is 5.12. The summed E-state index contributed by atoms with van der Waals surface area (Å²) in [5.74, 6) is -0.169. The molecule has 1 rings (SSSR count). The van der Waals surface area contributed by atoms with Gasteiger partial charge in [-0.15, -0.1) is 0 Å². The quantitative estimate of drug-likeness (QED) is 0.629. The second-order valence-corrected chi connectivity index (χ2v) is 3.44. The summed E-state index contributed by atoms with van der Waals surface area (Å²) in [6.07, 6.45) is 2.02. The number of carbonyl (C=O) groups is 1. The van der Waals surface area contributed by atoms with E-state index in [2.05, 4.69) is 4.90 Å². The second kappa shape index (κ2) is 5.19. The van der Waals surface area contributed by atoms with Gasteiger partial charge in [0.15, 0.2) is 0 Å². The van der Waals surface area contributed by atoms with E-state index in [-0.39, 0.29) is 12.1 Å². The first-order valence-corrected chi connectivity index (χ1v) is 4.82. The van der Waals surface area contributed by atoms with Gasteiger partial charge in [-0.1, -0.05) is 0 Å². The van der Waals surface area contributed by atoms with Gasteiger partial charge in [0.05, 0.1) is 0 Å². The molecule has 2 N–H and O–H groups in total.